The van der Waals surface area contributed by atoms with Crippen molar-refractivity contribution >= 4 is 35.2 Å². The van der Waals surface area contributed by atoms with Gasteiger partial charge in [-0.1, -0.05) is 37.3 Å². The average Bonchev–Trinajstić information content (AvgIpc) is 3.11. The van der Waals surface area contributed by atoms with Crippen LogP contribution in [0.1, 0.15) is 61.2 Å². The van der Waals surface area contributed by atoms with Crippen LogP contribution < -0.4 is 33.0 Å². The molecule has 0 saturated carbocycles. The quantitative estimate of drug-likeness (QED) is 0.0495. The summed E-state index contributed by atoms with van der Waals surface area (Å²) >= 11 is 0. The van der Waals surface area contributed by atoms with Gasteiger partial charge in [0.15, 0.2) is 29.0 Å². The maximum absolute atomic E-state index is 15.3. The summed E-state index contributed by atoms with van der Waals surface area (Å²) in [5.41, 5.74) is 9.92. The summed E-state index contributed by atoms with van der Waals surface area (Å²) in [6.07, 6.45) is 0.644. The van der Waals surface area contributed by atoms with Crippen LogP contribution in [0.25, 0.3) is 11.3 Å². The molecule has 1 heterocycles. The Kier molecular flexibility index (Phi) is 12.8. The number of hydrogen-bond donors (Lipinski definition) is 6. The van der Waals surface area contributed by atoms with Gasteiger partial charge in [0.05, 0.1) is 11.9 Å². The van der Waals surface area contributed by atoms with E-state index in [0.717, 1.165) is 4.57 Å². The van der Waals surface area contributed by atoms with E-state index in [4.69, 9.17) is 16.2 Å². The number of benzene rings is 3. The summed E-state index contributed by atoms with van der Waals surface area (Å²) in [5, 5.41) is 18.3. The number of ether oxygens (including phenoxy) is 1. The third-order valence-corrected chi connectivity index (χ3v) is 7.81. The van der Waals surface area contributed by atoms with Gasteiger partial charge in [-0.15, -0.1) is 0 Å². The van der Waals surface area contributed by atoms with Crippen LogP contribution in [0.15, 0.2) is 64.5 Å². The van der Waals surface area contributed by atoms with Crippen molar-refractivity contribution in [1.82, 2.24) is 20.2 Å². The second kappa shape index (κ2) is 17.2. The molecule has 0 aliphatic carbocycles. The Bertz CT molecular complexity index is 2080. The monoisotopic (exact) mass is 736 g/mol. The lowest BCUT2D eigenvalue weighted by Crippen LogP contribution is -2.35. The van der Waals surface area contributed by atoms with Crippen LogP contribution >= 0.6 is 0 Å². The molecule has 0 fully saturated rings. The van der Waals surface area contributed by atoms with E-state index in [0.29, 0.717) is 12.0 Å². The van der Waals surface area contributed by atoms with Gasteiger partial charge in [0.25, 0.3) is 11.5 Å². The van der Waals surface area contributed by atoms with Crippen LogP contribution in [0, 0.1) is 17.5 Å². The third-order valence-electron chi connectivity index (χ3n) is 7.81. The number of nitrogens with one attached hydrogen (secondary N) is 3. The van der Waals surface area contributed by atoms with Gasteiger partial charge in [-0.3, -0.25) is 19.0 Å². The number of aromatic hydroxyl groups is 1. The van der Waals surface area contributed by atoms with Gasteiger partial charge >= 0.3 is 6.09 Å². The normalized spacial score (nSPS) is 12.0. The van der Waals surface area contributed by atoms with Crippen molar-refractivity contribution in [2.45, 2.75) is 65.9 Å². The molecule has 53 heavy (non-hydrogen) atoms. The highest BCUT2D eigenvalue weighted by atomic mass is 19.2. The summed E-state index contributed by atoms with van der Waals surface area (Å²) in [6, 6.07) is 12.4. The molecule has 1 atom stereocenters. The molecule has 0 unspecified atom stereocenters. The lowest BCUT2D eigenvalue weighted by Gasteiger charge is -2.18. The molecule has 4 aromatic rings. The highest BCUT2D eigenvalue weighted by Gasteiger charge is 2.28. The van der Waals surface area contributed by atoms with E-state index in [-0.39, 0.29) is 47.0 Å². The summed E-state index contributed by atoms with van der Waals surface area (Å²) in [6.45, 7) is 5.29. The lowest BCUT2D eigenvalue weighted by atomic mass is 10.1. The smallest absolute Gasteiger partial charge is 0.435 e. The molecule has 8 N–H and O–H groups in total. The second-order valence-corrected chi connectivity index (χ2v) is 12.3. The van der Waals surface area contributed by atoms with Crippen LogP contribution in [0.5, 0.6) is 5.75 Å². The number of carbonyl (C=O) groups is 3. The Balaban J connectivity index is 1.60. The first-order valence-electron chi connectivity index (χ1n) is 16.4. The zero-order valence-electron chi connectivity index (χ0n) is 29.3. The number of anilines is 2. The molecule has 17 heteroatoms. The Labute approximate surface area is 302 Å². The Morgan fingerprint density at radius 1 is 1.04 bits per heavy atom. The number of nitrogens with two attached hydrogens (primary N) is 2. The molecule has 280 valence electrons. The molecule has 4 rings (SSSR count). The minimum absolute atomic E-state index is 0.0757. The van der Waals surface area contributed by atoms with E-state index in [9.17, 15) is 24.3 Å². The van der Waals surface area contributed by atoms with Gasteiger partial charge < -0.3 is 37.3 Å². The number of amidine groups is 1. The highest BCUT2D eigenvalue weighted by Crippen LogP contribution is 2.31. The number of phenolic OH excluding ortho intramolecular Hbond substituents is 1. The van der Waals surface area contributed by atoms with E-state index in [1.807, 2.05) is 13.8 Å². The van der Waals surface area contributed by atoms with Crippen LogP contribution in [-0.4, -0.2) is 50.5 Å². The highest BCUT2D eigenvalue weighted by molar-refractivity contribution is 6.05. The number of nitrogens with zero attached hydrogens (tertiary/aromatic N) is 3. The molecule has 1 aromatic heterocycles. The van der Waals surface area contributed by atoms with Crippen LogP contribution in [-0.2, 0) is 29.2 Å². The van der Waals surface area contributed by atoms with Crippen molar-refractivity contribution < 1.29 is 37.4 Å². The number of halogens is 3. The van der Waals surface area contributed by atoms with Gasteiger partial charge in [0.2, 0.25) is 5.91 Å². The Hall–Kier alpha value is -6.39. The van der Waals surface area contributed by atoms with E-state index < -0.39 is 76.7 Å². The van der Waals surface area contributed by atoms with Crippen LogP contribution in [0.2, 0.25) is 0 Å². The number of aliphatic imine (C=N–C) groups is 1. The number of carbonyl (C=O) groups excluding carboxylic acids is 3. The first kappa shape index (κ1) is 39.4. The number of nitrogen functional groups attached to an aromatic ring is 1. The first-order valence-corrected chi connectivity index (χ1v) is 16.4. The molecule has 3 amide bonds. The summed E-state index contributed by atoms with van der Waals surface area (Å²) in [7, 11) is 0. The maximum atomic E-state index is 15.3. The van der Waals surface area contributed by atoms with Gasteiger partial charge in [-0.05, 0) is 51.0 Å². The fraction of sp³-hybridized carbons (Fsp3) is 0.278. The van der Waals surface area contributed by atoms with Crippen molar-refractivity contribution in [3.05, 3.63) is 105 Å². The standard InChI is InChI=1S/C36H39F3N8O6/c1-5-19(4)45-34(50)22-11-21(12-23(40)13-22)25-15-43-33(44-18(2)3)35(51)47(25)16-26(48)42-14-24-28(37)30(39)27(31(49)29(24)38)32(41)46-36(52)53-17-20-9-7-6-8-10-20/h6-13,15,18-19,49H,5,14,16-17,40H2,1-4H3,(H,42,48)(H,43,44)(H,45,50)(H2,41,46,52)/t19-/m0/s1. The van der Waals surface area contributed by atoms with E-state index >= 15 is 13.2 Å². The Morgan fingerprint density at radius 2 is 1.74 bits per heavy atom. The zero-order chi connectivity index (χ0) is 39.0. The maximum Gasteiger partial charge on any atom is 0.435 e. The molecule has 0 spiro atoms. The van der Waals surface area contributed by atoms with Crippen molar-refractivity contribution in [3.63, 3.8) is 0 Å². The van der Waals surface area contributed by atoms with Crippen molar-refractivity contribution in [2.24, 2.45) is 10.7 Å². The lowest BCUT2D eigenvalue weighted by molar-refractivity contribution is -0.121. The first-order chi connectivity index (χ1) is 25.1. The molecule has 3 aromatic carbocycles. The largest absolute Gasteiger partial charge is 0.504 e. The molecule has 14 nitrogen and oxygen atoms in total. The van der Waals surface area contributed by atoms with Gasteiger partial charge in [-0.25, -0.2) is 22.9 Å². The van der Waals surface area contributed by atoms with E-state index in [2.05, 4.69) is 25.9 Å². The predicted octanol–water partition coefficient (Wildman–Crippen LogP) is 4.32. The molecule has 0 bridgehead atoms. The second-order valence-electron chi connectivity index (χ2n) is 12.3. The van der Waals surface area contributed by atoms with E-state index in [1.165, 1.54) is 24.4 Å². The fourth-order valence-corrected chi connectivity index (χ4v) is 4.96. The number of phenols is 1. The SMILES string of the molecule is CC[C@H](C)NC(=O)c1cc(N)cc(-c2cnc(NC(C)C)c(=O)n2CC(=O)NCc2c(F)c(O)c(/C(N)=N/C(=O)OCc3ccccc3)c(F)c2F)c1. The fourth-order valence-electron chi connectivity index (χ4n) is 4.96. The Morgan fingerprint density at radius 3 is 2.40 bits per heavy atom. The third kappa shape index (κ3) is 9.69. The molecular formula is C36H39F3N8O6. The molecular weight excluding hydrogens is 697 g/mol. The van der Waals surface area contributed by atoms with Gasteiger partial charge in [0, 0.05) is 41.0 Å². The van der Waals surface area contributed by atoms with Gasteiger partial charge in [-0.2, -0.15) is 4.99 Å². The predicted molar refractivity (Wildman–Crippen MR) is 192 cm³/mol. The summed E-state index contributed by atoms with van der Waals surface area (Å²) < 4.78 is 51.5. The molecule has 0 aliphatic heterocycles. The summed E-state index contributed by atoms with van der Waals surface area (Å²) in [5.74, 6) is -9.41. The number of hydrogen-bond acceptors (Lipinski definition) is 9. The summed E-state index contributed by atoms with van der Waals surface area (Å²) in [4.78, 5) is 59.3. The molecule has 0 saturated heterocycles. The molecule has 0 aliphatic rings. The number of rotatable bonds is 13. The topological polar surface area (TPSA) is 216 Å². The van der Waals surface area contributed by atoms with Gasteiger partial charge in [0.1, 0.15) is 24.6 Å². The van der Waals surface area contributed by atoms with Crippen molar-refractivity contribution in [3.8, 4) is 17.0 Å². The van der Waals surface area contributed by atoms with Crippen molar-refractivity contribution in [1.29, 1.82) is 0 Å². The van der Waals surface area contributed by atoms with Crippen LogP contribution in [0.4, 0.5) is 29.5 Å². The average molecular weight is 737 g/mol. The minimum Gasteiger partial charge on any atom is -0.504 e. The van der Waals surface area contributed by atoms with Crippen LogP contribution in [0.3, 0.4) is 0 Å². The van der Waals surface area contributed by atoms with Crippen molar-refractivity contribution in [2.75, 3.05) is 11.1 Å². The van der Waals surface area contributed by atoms with E-state index in [1.54, 1.807) is 44.2 Å². The number of amides is 3. The molecule has 0 radical (unpaired) electrons. The minimum atomic E-state index is -1.85. The number of aromatic nitrogens is 2. The zero-order valence-corrected chi connectivity index (χ0v) is 29.3.